The van der Waals surface area contributed by atoms with Gasteiger partial charge in [0.25, 0.3) is 0 Å². The van der Waals surface area contributed by atoms with E-state index in [1.54, 1.807) is 0 Å². The second-order valence-electron chi connectivity index (χ2n) is 7.70. The van der Waals surface area contributed by atoms with Gasteiger partial charge in [0.2, 0.25) is 0 Å². The molecule has 0 amide bonds. The van der Waals surface area contributed by atoms with Gasteiger partial charge in [0.15, 0.2) is 17.3 Å². The Morgan fingerprint density at radius 2 is 1.38 bits per heavy atom. The number of phenols is 1. The van der Waals surface area contributed by atoms with Crippen molar-refractivity contribution in [2.24, 2.45) is 0 Å². The van der Waals surface area contributed by atoms with Crippen molar-refractivity contribution in [1.29, 1.82) is 0 Å². The highest BCUT2D eigenvalue weighted by molar-refractivity contribution is 6.08. The summed E-state index contributed by atoms with van der Waals surface area (Å²) >= 11 is 0. The number of carbonyl (C=O) groups excluding carboxylic acids is 1. The molecule has 5 nitrogen and oxygen atoms in total. The van der Waals surface area contributed by atoms with Crippen molar-refractivity contribution in [3.05, 3.63) is 23.3 Å². The van der Waals surface area contributed by atoms with Crippen LogP contribution in [0.25, 0.3) is 0 Å². The molecule has 0 spiro atoms. The van der Waals surface area contributed by atoms with Gasteiger partial charge >= 0.3 is 5.97 Å². The van der Waals surface area contributed by atoms with Crippen molar-refractivity contribution in [1.82, 2.24) is 0 Å². The van der Waals surface area contributed by atoms with Gasteiger partial charge in [-0.15, -0.1) is 0 Å². The Hall–Kier alpha value is -2.04. The zero-order valence-electron chi connectivity index (χ0n) is 18.2. The summed E-state index contributed by atoms with van der Waals surface area (Å²) in [6, 6.07) is 2.56. The molecule has 0 unspecified atom stereocenters. The molecular formula is C24H38O5. The topological polar surface area (TPSA) is 83.8 Å². The third kappa shape index (κ3) is 9.33. The molecule has 1 rings (SSSR count). The van der Waals surface area contributed by atoms with Crippen LogP contribution < -0.4 is 4.74 Å². The van der Waals surface area contributed by atoms with E-state index in [4.69, 9.17) is 4.74 Å². The van der Waals surface area contributed by atoms with Crippen molar-refractivity contribution < 1.29 is 24.5 Å². The molecule has 0 radical (unpaired) electrons. The number of unbranched alkanes of at least 4 members (excludes halogenated alkanes) is 10. The van der Waals surface area contributed by atoms with Crippen molar-refractivity contribution in [3.8, 4) is 11.5 Å². The van der Waals surface area contributed by atoms with E-state index < -0.39 is 5.97 Å². The molecule has 164 valence electrons. The molecule has 0 heterocycles. The second kappa shape index (κ2) is 14.9. The lowest BCUT2D eigenvalue weighted by molar-refractivity contribution is 0.0690. The van der Waals surface area contributed by atoms with Crippen molar-refractivity contribution in [3.63, 3.8) is 0 Å². The van der Waals surface area contributed by atoms with Crippen LogP contribution >= 0.6 is 0 Å². The average Bonchev–Trinajstić information content (AvgIpc) is 2.70. The van der Waals surface area contributed by atoms with Crippen molar-refractivity contribution in [2.45, 2.75) is 97.3 Å². The fourth-order valence-corrected chi connectivity index (χ4v) is 3.42. The minimum absolute atomic E-state index is 0.00793. The number of carbonyl (C=O) groups is 2. The van der Waals surface area contributed by atoms with Crippen LogP contribution in [0, 0.1) is 0 Å². The Bertz CT molecular complexity index is 624. The molecule has 0 aliphatic carbocycles. The lowest BCUT2D eigenvalue weighted by Crippen LogP contribution is -2.12. The molecule has 0 aliphatic heterocycles. The number of aromatic hydroxyl groups is 1. The zero-order chi connectivity index (χ0) is 21.5. The molecule has 29 heavy (non-hydrogen) atoms. The molecular weight excluding hydrogens is 368 g/mol. The quantitative estimate of drug-likeness (QED) is 0.220. The van der Waals surface area contributed by atoms with E-state index in [9.17, 15) is 19.8 Å². The second-order valence-corrected chi connectivity index (χ2v) is 7.70. The highest BCUT2D eigenvalue weighted by Gasteiger charge is 2.24. The van der Waals surface area contributed by atoms with Crippen LogP contribution in [0.5, 0.6) is 11.5 Å². The Kier molecular flexibility index (Phi) is 12.8. The first-order chi connectivity index (χ1) is 14.0. The molecule has 0 aliphatic rings. The van der Waals surface area contributed by atoms with Crippen LogP contribution in [0.2, 0.25) is 0 Å². The minimum Gasteiger partial charge on any atom is -0.504 e. The Morgan fingerprint density at radius 3 is 1.97 bits per heavy atom. The van der Waals surface area contributed by atoms with Gasteiger partial charge in [0, 0.05) is 6.42 Å². The van der Waals surface area contributed by atoms with Gasteiger partial charge in [0.1, 0.15) is 0 Å². The van der Waals surface area contributed by atoms with Crippen LogP contribution in [0.4, 0.5) is 0 Å². The molecule has 0 aromatic heterocycles. The maximum absolute atomic E-state index is 12.8. The SMILES string of the molecule is CCCCCCCCCCCC(=O)c1c(C(=O)O)ccc(O)c1OCCCCC. The summed E-state index contributed by atoms with van der Waals surface area (Å²) < 4.78 is 5.64. The predicted molar refractivity (Wildman–Crippen MR) is 116 cm³/mol. The van der Waals surface area contributed by atoms with Crippen LogP contribution in [-0.4, -0.2) is 28.6 Å². The molecule has 0 fully saturated rings. The Balaban J connectivity index is 2.62. The first-order valence-electron chi connectivity index (χ1n) is 11.3. The normalized spacial score (nSPS) is 10.8. The molecule has 0 atom stereocenters. The number of carboxylic acid groups (broad SMARTS) is 1. The average molecular weight is 407 g/mol. The number of carboxylic acids is 1. The van der Waals surface area contributed by atoms with E-state index in [1.165, 1.54) is 50.7 Å². The van der Waals surface area contributed by atoms with Gasteiger partial charge in [-0.05, 0) is 25.0 Å². The fraction of sp³-hybridized carbons (Fsp3) is 0.667. The number of rotatable bonds is 17. The number of ether oxygens (including phenoxy) is 1. The van der Waals surface area contributed by atoms with E-state index in [0.29, 0.717) is 6.61 Å². The predicted octanol–water partition coefficient (Wildman–Crippen LogP) is 6.76. The zero-order valence-corrected chi connectivity index (χ0v) is 18.2. The summed E-state index contributed by atoms with van der Waals surface area (Å²) in [4.78, 5) is 24.4. The lowest BCUT2D eigenvalue weighted by atomic mass is 9.97. The van der Waals surface area contributed by atoms with Gasteiger partial charge in [-0.3, -0.25) is 4.79 Å². The number of hydrogen-bond donors (Lipinski definition) is 2. The monoisotopic (exact) mass is 406 g/mol. The summed E-state index contributed by atoms with van der Waals surface area (Å²) in [7, 11) is 0. The van der Waals surface area contributed by atoms with Gasteiger partial charge in [-0.2, -0.15) is 0 Å². The summed E-state index contributed by atoms with van der Waals surface area (Å²) in [5, 5.41) is 19.6. The molecule has 1 aromatic carbocycles. The van der Waals surface area contributed by atoms with E-state index in [0.717, 1.165) is 38.5 Å². The smallest absolute Gasteiger partial charge is 0.336 e. The number of aromatic carboxylic acids is 1. The number of hydrogen-bond acceptors (Lipinski definition) is 4. The molecule has 0 saturated heterocycles. The summed E-state index contributed by atoms with van der Waals surface area (Å²) in [6.45, 7) is 4.63. The van der Waals surface area contributed by atoms with Gasteiger partial charge in [-0.1, -0.05) is 78.1 Å². The van der Waals surface area contributed by atoms with E-state index in [1.807, 2.05) is 0 Å². The minimum atomic E-state index is -1.18. The van der Waals surface area contributed by atoms with Crippen LogP contribution in [0.15, 0.2) is 12.1 Å². The van der Waals surface area contributed by atoms with Crippen molar-refractivity contribution in [2.75, 3.05) is 6.61 Å². The van der Waals surface area contributed by atoms with E-state index in [2.05, 4.69) is 13.8 Å². The lowest BCUT2D eigenvalue weighted by Gasteiger charge is -2.15. The maximum Gasteiger partial charge on any atom is 0.336 e. The highest BCUT2D eigenvalue weighted by atomic mass is 16.5. The number of benzene rings is 1. The summed E-state index contributed by atoms with van der Waals surface area (Å²) in [6.07, 6.45) is 13.3. The standard InChI is InChI=1S/C24H38O5/c1-3-5-7-8-9-10-11-12-13-15-20(25)22-19(24(27)28)16-17-21(26)23(22)29-18-14-6-4-2/h16-17,26H,3-15,18H2,1-2H3,(H,27,28). The number of Topliss-reactive ketones (excluding diaryl/α,β-unsaturated/α-hetero) is 1. The maximum atomic E-state index is 12.8. The third-order valence-corrected chi connectivity index (χ3v) is 5.15. The van der Waals surface area contributed by atoms with Gasteiger partial charge in [-0.25, -0.2) is 4.79 Å². The largest absolute Gasteiger partial charge is 0.504 e. The first kappa shape index (κ1) is 25.0. The molecule has 5 heteroatoms. The van der Waals surface area contributed by atoms with Crippen molar-refractivity contribution >= 4 is 11.8 Å². The summed E-state index contributed by atoms with van der Waals surface area (Å²) in [5.41, 5.74) is -0.0946. The number of ketones is 1. The van der Waals surface area contributed by atoms with Crippen LogP contribution in [-0.2, 0) is 0 Å². The highest BCUT2D eigenvalue weighted by Crippen LogP contribution is 2.34. The fourth-order valence-electron chi connectivity index (χ4n) is 3.42. The molecule has 2 N–H and O–H groups in total. The summed E-state index contributed by atoms with van der Waals surface area (Å²) in [5.74, 6) is -1.62. The van der Waals surface area contributed by atoms with Crippen LogP contribution in [0.3, 0.4) is 0 Å². The van der Waals surface area contributed by atoms with Gasteiger partial charge < -0.3 is 14.9 Å². The van der Waals surface area contributed by atoms with Gasteiger partial charge in [0.05, 0.1) is 17.7 Å². The molecule has 0 saturated carbocycles. The molecule has 1 aromatic rings. The van der Waals surface area contributed by atoms with E-state index in [-0.39, 0.29) is 34.8 Å². The third-order valence-electron chi connectivity index (χ3n) is 5.15. The Morgan fingerprint density at radius 1 is 0.828 bits per heavy atom. The first-order valence-corrected chi connectivity index (χ1v) is 11.3. The Labute approximate surface area is 175 Å². The van der Waals surface area contributed by atoms with E-state index >= 15 is 0 Å². The molecule has 0 bridgehead atoms. The van der Waals surface area contributed by atoms with Crippen LogP contribution in [0.1, 0.15) is 118 Å². The number of phenolic OH excluding ortho intramolecular Hbond substituents is 1.